The van der Waals surface area contributed by atoms with Gasteiger partial charge in [0.2, 0.25) is 0 Å². The number of nitrogens with two attached hydrogens (primary N) is 2. The minimum atomic E-state index is -0.251. The lowest BCUT2D eigenvalue weighted by molar-refractivity contribution is -0.0907. The predicted molar refractivity (Wildman–Crippen MR) is 32.7 cm³/mol. The fraction of sp³-hybridized carbons (Fsp3) is 1.00. The highest BCUT2D eigenvalue weighted by atomic mass is 16.5. The molecular weight excluding hydrogens is 120 g/mol. The molecule has 0 amide bonds. The van der Waals surface area contributed by atoms with Gasteiger partial charge in [-0.3, -0.25) is 0 Å². The van der Waals surface area contributed by atoms with Crippen molar-refractivity contribution in [2.75, 3.05) is 26.6 Å². The Morgan fingerprint density at radius 2 is 2.22 bits per heavy atom. The molecule has 0 aromatic rings. The van der Waals surface area contributed by atoms with E-state index in [1.165, 1.54) is 0 Å². The first-order valence-corrected chi connectivity index (χ1v) is 2.91. The summed E-state index contributed by atoms with van der Waals surface area (Å²) in [6, 6.07) is 0. The van der Waals surface area contributed by atoms with E-state index >= 15 is 0 Å². The van der Waals surface area contributed by atoms with Crippen molar-refractivity contribution in [3.8, 4) is 0 Å². The zero-order valence-electron chi connectivity index (χ0n) is 5.30. The molecule has 0 radical (unpaired) electrons. The molecule has 1 heterocycles. The van der Waals surface area contributed by atoms with Crippen LogP contribution in [0.25, 0.3) is 0 Å². The van der Waals surface area contributed by atoms with Gasteiger partial charge in [0, 0.05) is 0 Å². The molecule has 0 aliphatic carbocycles. The second-order valence-electron chi connectivity index (χ2n) is 2.37. The van der Waals surface area contributed by atoms with Crippen LogP contribution in [0.2, 0.25) is 0 Å². The summed E-state index contributed by atoms with van der Waals surface area (Å²) in [6.45, 7) is 1.92. The summed E-state index contributed by atoms with van der Waals surface area (Å²) in [5.41, 5.74) is 10.5. The van der Waals surface area contributed by atoms with Gasteiger partial charge in [-0.25, -0.2) is 0 Å². The van der Waals surface area contributed by atoms with Crippen molar-refractivity contribution in [2.45, 2.75) is 5.54 Å². The molecule has 1 aliphatic heterocycles. The monoisotopic (exact) mass is 132 g/mol. The smallest absolute Gasteiger partial charge is 0.0941 e. The van der Waals surface area contributed by atoms with Crippen LogP contribution in [0.1, 0.15) is 0 Å². The van der Waals surface area contributed by atoms with Gasteiger partial charge in [0.05, 0.1) is 32.1 Å². The molecule has 0 aromatic heterocycles. The van der Waals surface area contributed by atoms with Crippen LogP contribution in [-0.2, 0) is 9.47 Å². The lowest BCUT2D eigenvalue weighted by Gasteiger charge is -2.36. The molecule has 0 spiro atoms. The Balaban J connectivity index is 2.09. The van der Waals surface area contributed by atoms with Gasteiger partial charge < -0.3 is 20.9 Å². The number of ether oxygens (including phenoxy) is 2. The first-order valence-electron chi connectivity index (χ1n) is 2.91. The molecule has 0 aromatic carbocycles. The third kappa shape index (κ3) is 1.62. The summed E-state index contributed by atoms with van der Waals surface area (Å²) in [4.78, 5) is 0. The van der Waals surface area contributed by atoms with Crippen LogP contribution in [0.15, 0.2) is 0 Å². The minimum Gasteiger partial charge on any atom is -0.377 e. The summed E-state index contributed by atoms with van der Waals surface area (Å²) in [6.07, 6.45) is 0. The summed E-state index contributed by atoms with van der Waals surface area (Å²) in [5, 5.41) is 0. The zero-order chi connectivity index (χ0) is 6.74. The van der Waals surface area contributed by atoms with Gasteiger partial charge in [-0.05, 0) is 0 Å². The third-order valence-corrected chi connectivity index (χ3v) is 1.29. The van der Waals surface area contributed by atoms with Gasteiger partial charge in [-0.2, -0.15) is 0 Å². The van der Waals surface area contributed by atoms with Crippen molar-refractivity contribution in [1.29, 1.82) is 0 Å². The second-order valence-corrected chi connectivity index (χ2v) is 2.37. The fourth-order valence-corrected chi connectivity index (χ4v) is 0.710. The Hall–Kier alpha value is -0.160. The predicted octanol–water partition coefficient (Wildman–Crippen LogP) is -1.35. The SMILES string of the molecule is NCOCC1(N)COC1. The Labute approximate surface area is 54.1 Å². The van der Waals surface area contributed by atoms with Crippen molar-refractivity contribution in [3.05, 3.63) is 0 Å². The molecule has 9 heavy (non-hydrogen) atoms. The van der Waals surface area contributed by atoms with E-state index in [1.54, 1.807) is 0 Å². The van der Waals surface area contributed by atoms with Crippen LogP contribution in [0.5, 0.6) is 0 Å². The molecule has 54 valence electrons. The zero-order valence-corrected chi connectivity index (χ0v) is 5.30. The Morgan fingerprint density at radius 1 is 1.56 bits per heavy atom. The topological polar surface area (TPSA) is 70.5 Å². The van der Waals surface area contributed by atoms with Gasteiger partial charge in [0.15, 0.2) is 0 Å². The second kappa shape index (κ2) is 2.62. The highest BCUT2D eigenvalue weighted by Gasteiger charge is 2.34. The molecule has 4 N–H and O–H groups in total. The van der Waals surface area contributed by atoms with E-state index in [2.05, 4.69) is 0 Å². The van der Waals surface area contributed by atoms with E-state index in [0.717, 1.165) is 0 Å². The van der Waals surface area contributed by atoms with E-state index in [9.17, 15) is 0 Å². The summed E-state index contributed by atoms with van der Waals surface area (Å²) in [7, 11) is 0. The van der Waals surface area contributed by atoms with E-state index in [1.807, 2.05) is 0 Å². The van der Waals surface area contributed by atoms with E-state index in [0.29, 0.717) is 19.8 Å². The maximum absolute atomic E-state index is 5.68. The average Bonchev–Trinajstić information content (AvgIpc) is 1.79. The van der Waals surface area contributed by atoms with Crippen molar-refractivity contribution in [3.63, 3.8) is 0 Å². The number of hydrogen-bond acceptors (Lipinski definition) is 4. The molecule has 4 heteroatoms. The highest BCUT2D eigenvalue weighted by Crippen LogP contribution is 2.12. The first kappa shape index (κ1) is 6.95. The summed E-state index contributed by atoms with van der Waals surface area (Å²) in [5.74, 6) is 0. The summed E-state index contributed by atoms with van der Waals surface area (Å²) < 4.78 is 9.80. The van der Waals surface area contributed by atoms with Gasteiger partial charge >= 0.3 is 0 Å². The van der Waals surface area contributed by atoms with Crippen molar-refractivity contribution in [1.82, 2.24) is 0 Å². The van der Waals surface area contributed by atoms with Crippen LogP contribution in [0.4, 0.5) is 0 Å². The van der Waals surface area contributed by atoms with E-state index in [4.69, 9.17) is 20.9 Å². The van der Waals surface area contributed by atoms with Crippen LogP contribution >= 0.6 is 0 Å². The molecule has 4 nitrogen and oxygen atoms in total. The Bertz CT molecular complexity index is 93.0. The standard InChI is InChI=1S/C5H12N2O2/c6-4-9-3-5(7)1-8-2-5/h1-4,6-7H2. The van der Waals surface area contributed by atoms with Gasteiger partial charge in [0.25, 0.3) is 0 Å². The van der Waals surface area contributed by atoms with Crippen molar-refractivity contribution in [2.24, 2.45) is 11.5 Å². The molecule has 0 unspecified atom stereocenters. The Morgan fingerprint density at radius 3 is 2.56 bits per heavy atom. The number of rotatable bonds is 3. The van der Waals surface area contributed by atoms with Crippen molar-refractivity contribution < 1.29 is 9.47 Å². The molecule has 1 fully saturated rings. The summed E-state index contributed by atoms with van der Waals surface area (Å²) >= 11 is 0. The molecular formula is C5H12N2O2. The fourth-order valence-electron chi connectivity index (χ4n) is 0.710. The van der Waals surface area contributed by atoms with Crippen LogP contribution in [0, 0.1) is 0 Å². The van der Waals surface area contributed by atoms with Gasteiger partial charge in [0.1, 0.15) is 0 Å². The molecule has 0 bridgehead atoms. The molecule has 0 saturated carbocycles. The van der Waals surface area contributed by atoms with Gasteiger partial charge in [-0.1, -0.05) is 0 Å². The van der Waals surface area contributed by atoms with E-state index in [-0.39, 0.29) is 12.3 Å². The third-order valence-electron chi connectivity index (χ3n) is 1.29. The molecule has 1 saturated heterocycles. The average molecular weight is 132 g/mol. The minimum absolute atomic E-state index is 0.235. The van der Waals surface area contributed by atoms with Gasteiger partial charge in [-0.15, -0.1) is 0 Å². The van der Waals surface area contributed by atoms with Crippen LogP contribution < -0.4 is 11.5 Å². The maximum atomic E-state index is 5.68. The number of hydrogen-bond donors (Lipinski definition) is 2. The highest BCUT2D eigenvalue weighted by molar-refractivity contribution is 4.90. The quantitative estimate of drug-likeness (QED) is 0.466. The van der Waals surface area contributed by atoms with Crippen LogP contribution in [0.3, 0.4) is 0 Å². The molecule has 0 atom stereocenters. The van der Waals surface area contributed by atoms with Crippen LogP contribution in [-0.4, -0.2) is 32.1 Å². The lowest BCUT2D eigenvalue weighted by Crippen LogP contribution is -2.60. The lowest BCUT2D eigenvalue weighted by atomic mass is 10.0. The largest absolute Gasteiger partial charge is 0.377 e. The molecule has 1 aliphatic rings. The van der Waals surface area contributed by atoms with Crippen molar-refractivity contribution >= 4 is 0 Å². The maximum Gasteiger partial charge on any atom is 0.0941 e. The normalized spacial score (nSPS) is 23.3. The molecule has 1 rings (SSSR count). The first-order chi connectivity index (χ1) is 4.27. The Kier molecular flexibility index (Phi) is 2.02. The van der Waals surface area contributed by atoms with E-state index < -0.39 is 0 Å².